The Morgan fingerprint density at radius 1 is 1.17 bits per heavy atom. The monoisotopic (exact) mass is 246 g/mol. The Morgan fingerprint density at radius 3 is 2.33 bits per heavy atom. The van der Waals surface area contributed by atoms with Crippen LogP contribution >= 0.6 is 0 Å². The summed E-state index contributed by atoms with van der Waals surface area (Å²) in [6.45, 7) is 6.34. The molecule has 0 aliphatic heterocycles. The Bertz CT molecular complexity index is 474. The number of aryl methyl sites for hydroxylation is 1. The van der Waals surface area contributed by atoms with Gasteiger partial charge in [0.15, 0.2) is 0 Å². The summed E-state index contributed by atoms with van der Waals surface area (Å²) in [6.07, 6.45) is 4.00. The van der Waals surface area contributed by atoms with Gasteiger partial charge in [-0.05, 0) is 55.9 Å². The zero-order valence-corrected chi connectivity index (χ0v) is 11.5. The summed E-state index contributed by atoms with van der Waals surface area (Å²) in [6, 6.07) is 4.22. The first-order valence-corrected chi connectivity index (χ1v) is 6.61. The third-order valence-corrected chi connectivity index (χ3v) is 4.60. The van der Waals surface area contributed by atoms with E-state index in [0.717, 1.165) is 31.2 Å². The Hall–Kier alpha value is -1.35. The fourth-order valence-electron chi connectivity index (χ4n) is 3.21. The maximum atomic E-state index is 12.2. The van der Waals surface area contributed by atoms with Gasteiger partial charge in [0.1, 0.15) is 0 Å². The molecule has 1 aliphatic rings. The summed E-state index contributed by atoms with van der Waals surface area (Å²) < 4.78 is 0. The van der Waals surface area contributed by atoms with E-state index in [4.69, 9.17) is 5.84 Å². The number of rotatable bonds is 2. The molecule has 1 saturated carbocycles. The lowest BCUT2D eigenvalue weighted by Gasteiger charge is -2.30. The molecule has 1 aromatic carbocycles. The van der Waals surface area contributed by atoms with Gasteiger partial charge in [-0.25, -0.2) is 5.84 Å². The molecule has 2 rings (SSSR count). The highest BCUT2D eigenvalue weighted by molar-refractivity contribution is 5.88. The number of nitrogens with two attached hydrogens (primary N) is 1. The minimum absolute atomic E-state index is 0.0358. The number of nitrogens with one attached hydrogen (secondary N) is 1. The normalized spacial score (nSPS) is 17.8. The van der Waals surface area contributed by atoms with E-state index in [2.05, 4.69) is 38.3 Å². The average molecular weight is 246 g/mol. The molecule has 98 valence electrons. The van der Waals surface area contributed by atoms with Crippen LogP contribution in [-0.4, -0.2) is 5.91 Å². The fourth-order valence-corrected chi connectivity index (χ4v) is 3.21. The molecule has 1 amide bonds. The van der Waals surface area contributed by atoms with Crippen molar-refractivity contribution in [1.29, 1.82) is 0 Å². The molecule has 3 heteroatoms. The van der Waals surface area contributed by atoms with Gasteiger partial charge in [0.25, 0.3) is 0 Å². The van der Waals surface area contributed by atoms with Crippen molar-refractivity contribution in [3.63, 3.8) is 0 Å². The highest BCUT2D eigenvalue weighted by Gasteiger charge is 2.43. The van der Waals surface area contributed by atoms with Gasteiger partial charge in [-0.2, -0.15) is 0 Å². The van der Waals surface area contributed by atoms with E-state index >= 15 is 0 Å². The summed E-state index contributed by atoms with van der Waals surface area (Å²) in [5.74, 6) is 5.36. The quantitative estimate of drug-likeness (QED) is 0.478. The van der Waals surface area contributed by atoms with E-state index in [1.165, 1.54) is 16.7 Å². The Morgan fingerprint density at radius 2 is 1.78 bits per heavy atom. The third-order valence-electron chi connectivity index (χ3n) is 4.60. The van der Waals surface area contributed by atoms with Gasteiger partial charge < -0.3 is 0 Å². The van der Waals surface area contributed by atoms with E-state index < -0.39 is 5.41 Å². The van der Waals surface area contributed by atoms with Crippen molar-refractivity contribution in [2.75, 3.05) is 0 Å². The van der Waals surface area contributed by atoms with E-state index in [1.54, 1.807) is 0 Å². The van der Waals surface area contributed by atoms with Gasteiger partial charge in [-0.1, -0.05) is 25.0 Å². The second-order valence-electron chi connectivity index (χ2n) is 5.44. The zero-order valence-electron chi connectivity index (χ0n) is 11.5. The summed E-state index contributed by atoms with van der Waals surface area (Å²) in [7, 11) is 0. The molecule has 0 aromatic heterocycles. The van der Waals surface area contributed by atoms with E-state index in [1.807, 2.05) is 0 Å². The predicted molar refractivity (Wildman–Crippen MR) is 73.1 cm³/mol. The molecule has 3 nitrogen and oxygen atoms in total. The molecule has 0 spiro atoms. The van der Waals surface area contributed by atoms with Gasteiger partial charge in [-0.3, -0.25) is 10.2 Å². The molecule has 1 fully saturated rings. The zero-order chi connectivity index (χ0) is 13.3. The molecule has 0 saturated heterocycles. The molecule has 18 heavy (non-hydrogen) atoms. The maximum absolute atomic E-state index is 12.2. The minimum Gasteiger partial charge on any atom is -0.293 e. The van der Waals surface area contributed by atoms with Gasteiger partial charge in [0.05, 0.1) is 5.41 Å². The molecule has 3 N–H and O–H groups in total. The SMILES string of the molecule is Cc1ccc(C2(C(=O)NN)CCCC2)c(C)c1C. The van der Waals surface area contributed by atoms with Crippen LogP contribution in [0.4, 0.5) is 0 Å². The lowest BCUT2D eigenvalue weighted by Crippen LogP contribution is -2.46. The van der Waals surface area contributed by atoms with Crippen molar-refractivity contribution in [3.8, 4) is 0 Å². The van der Waals surface area contributed by atoms with Crippen molar-refractivity contribution in [3.05, 3.63) is 34.4 Å². The van der Waals surface area contributed by atoms with Crippen LogP contribution in [0.3, 0.4) is 0 Å². The molecule has 1 aliphatic carbocycles. The topological polar surface area (TPSA) is 55.1 Å². The molecule has 0 heterocycles. The summed E-state index contributed by atoms with van der Waals surface area (Å²) in [5, 5.41) is 0. The maximum Gasteiger partial charge on any atom is 0.244 e. The fraction of sp³-hybridized carbons (Fsp3) is 0.533. The number of hydrazine groups is 1. The van der Waals surface area contributed by atoms with Crippen molar-refractivity contribution >= 4 is 5.91 Å². The van der Waals surface area contributed by atoms with E-state index in [-0.39, 0.29) is 5.91 Å². The number of carbonyl (C=O) groups excluding carboxylic acids is 1. The Balaban J connectivity index is 2.57. The highest BCUT2D eigenvalue weighted by Crippen LogP contribution is 2.43. The first-order chi connectivity index (χ1) is 8.53. The molecule has 0 unspecified atom stereocenters. The smallest absolute Gasteiger partial charge is 0.244 e. The molecule has 0 radical (unpaired) electrons. The lowest BCUT2D eigenvalue weighted by atomic mass is 9.75. The second kappa shape index (κ2) is 4.73. The molecule has 0 atom stereocenters. The van der Waals surface area contributed by atoms with Gasteiger partial charge in [0.2, 0.25) is 5.91 Å². The number of carbonyl (C=O) groups is 1. The standard InChI is InChI=1S/C15H22N2O/c1-10-6-7-13(12(3)11(10)2)15(14(18)17-16)8-4-5-9-15/h6-7H,4-5,8-9,16H2,1-3H3,(H,17,18). The van der Waals surface area contributed by atoms with Crippen LogP contribution in [0.25, 0.3) is 0 Å². The molecular weight excluding hydrogens is 224 g/mol. The van der Waals surface area contributed by atoms with Crippen LogP contribution in [-0.2, 0) is 10.2 Å². The Kier molecular flexibility index (Phi) is 3.44. The highest BCUT2D eigenvalue weighted by atomic mass is 16.2. The molecule has 1 aromatic rings. The van der Waals surface area contributed by atoms with Gasteiger partial charge in [0, 0.05) is 0 Å². The van der Waals surface area contributed by atoms with Crippen LogP contribution < -0.4 is 11.3 Å². The lowest BCUT2D eigenvalue weighted by molar-refractivity contribution is -0.126. The van der Waals surface area contributed by atoms with Crippen LogP contribution in [0.1, 0.15) is 47.9 Å². The summed E-state index contributed by atoms with van der Waals surface area (Å²) in [4.78, 5) is 12.2. The Labute approximate surface area is 109 Å². The predicted octanol–water partition coefficient (Wildman–Crippen LogP) is 2.41. The average Bonchev–Trinajstić information content (AvgIpc) is 2.85. The molecule has 0 bridgehead atoms. The number of hydrogen-bond acceptors (Lipinski definition) is 2. The van der Waals surface area contributed by atoms with E-state index in [9.17, 15) is 4.79 Å². The largest absolute Gasteiger partial charge is 0.293 e. The molecular formula is C15H22N2O. The second-order valence-corrected chi connectivity index (χ2v) is 5.44. The van der Waals surface area contributed by atoms with Gasteiger partial charge in [-0.15, -0.1) is 0 Å². The van der Waals surface area contributed by atoms with Crippen molar-refractivity contribution in [1.82, 2.24) is 5.43 Å². The minimum atomic E-state index is -0.405. The van der Waals surface area contributed by atoms with Crippen molar-refractivity contribution in [2.45, 2.75) is 51.9 Å². The first kappa shape index (κ1) is 13.1. The number of hydrogen-bond donors (Lipinski definition) is 2. The first-order valence-electron chi connectivity index (χ1n) is 6.61. The third kappa shape index (κ3) is 1.83. The van der Waals surface area contributed by atoms with Crippen molar-refractivity contribution < 1.29 is 4.79 Å². The van der Waals surface area contributed by atoms with Crippen LogP contribution in [0.2, 0.25) is 0 Å². The summed E-state index contributed by atoms with van der Waals surface area (Å²) in [5.41, 5.74) is 6.91. The number of benzene rings is 1. The van der Waals surface area contributed by atoms with E-state index in [0.29, 0.717) is 0 Å². The summed E-state index contributed by atoms with van der Waals surface area (Å²) >= 11 is 0. The van der Waals surface area contributed by atoms with Gasteiger partial charge >= 0.3 is 0 Å². The van der Waals surface area contributed by atoms with Crippen LogP contribution in [0, 0.1) is 20.8 Å². The van der Waals surface area contributed by atoms with Crippen molar-refractivity contribution in [2.24, 2.45) is 5.84 Å². The number of amides is 1. The van der Waals surface area contributed by atoms with Crippen LogP contribution in [0.15, 0.2) is 12.1 Å². The van der Waals surface area contributed by atoms with Crippen LogP contribution in [0.5, 0.6) is 0 Å².